The Labute approximate surface area is 144 Å². The molecule has 1 aliphatic rings. The minimum absolute atomic E-state index is 0. The zero-order valence-corrected chi connectivity index (χ0v) is 14.9. The van der Waals surface area contributed by atoms with Gasteiger partial charge in [-0.3, -0.25) is 4.79 Å². The molecule has 1 aromatic rings. The number of aromatic nitrogens is 2. The molecule has 0 bridgehead atoms. The molecule has 0 aromatic carbocycles. The van der Waals surface area contributed by atoms with Crippen LogP contribution in [0.2, 0.25) is 0 Å². The molecule has 1 fully saturated rings. The number of hydrogen-bond donors (Lipinski definition) is 2. The van der Waals surface area contributed by atoms with Gasteiger partial charge in [0.2, 0.25) is 5.91 Å². The largest absolute Gasteiger partial charge is 0.378 e. The van der Waals surface area contributed by atoms with Crippen LogP contribution < -0.4 is 11.1 Å². The molecule has 0 spiro atoms. The van der Waals surface area contributed by atoms with Crippen molar-refractivity contribution in [2.24, 2.45) is 11.1 Å². The van der Waals surface area contributed by atoms with Gasteiger partial charge >= 0.3 is 0 Å². The van der Waals surface area contributed by atoms with Crippen LogP contribution in [0.1, 0.15) is 27.2 Å². The molecule has 8 heteroatoms. The molecule has 2 rings (SSSR count). The maximum Gasteiger partial charge on any atom is 0.240 e. The van der Waals surface area contributed by atoms with E-state index in [-0.39, 0.29) is 42.2 Å². The number of hydrogen-bond acceptors (Lipinski definition) is 4. The highest BCUT2D eigenvalue weighted by atomic mass is 35.5. The minimum atomic E-state index is -0.845. The van der Waals surface area contributed by atoms with Crippen LogP contribution in [0.25, 0.3) is 0 Å². The number of carbonyl (C=O) groups excluding carboxylic acids is 1. The standard InChI is InChI=1S/C14H24N4O2.2ClH/c1-4-20-11-9-14(15,13(11,2)3)12(19)17-6-8-18-7-5-16-10-18;;/h5,7,10-11H,4,6,8-9,15H2,1-3H3,(H,17,19);2*1H. The zero-order valence-electron chi connectivity index (χ0n) is 13.2. The molecule has 3 N–H and O–H groups in total. The van der Waals surface area contributed by atoms with E-state index in [9.17, 15) is 4.79 Å². The predicted octanol–water partition coefficient (Wildman–Crippen LogP) is 1.38. The molecule has 0 aliphatic heterocycles. The van der Waals surface area contributed by atoms with Crippen LogP contribution in [0.15, 0.2) is 18.7 Å². The summed E-state index contributed by atoms with van der Waals surface area (Å²) in [6, 6.07) is 0. The molecule has 1 saturated carbocycles. The normalized spacial score (nSPS) is 25.4. The van der Waals surface area contributed by atoms with Crippen molar-refractivity contribution in [2.45, 2.75) is 45.4 Å². The second-order valence-corrected chi connectivity index (χ2v) is 5.90. The number of nitrogens with one attached hydrogen (secondary N) is 1. The highest BCUT2D eigenvalue weighted by Crippen LogP contribution is 2.49. The van der Waals surface area contributed by atoms with Crippen molar-refractivity contribution in [3.8, 4) is 0 Å². The number of carbonyl (C=O) groups is 1. The minimum Gasteiger partial charge on any atom is -0.378 e. The third-order valence-electron chi connectivity index (χ3n) is 4.45. The van der Waals surface area contributed by atoms with Crippen molar-refractivity contribution < 1.29 is 9.53 Å². The number of ether oxygens (including phenoxy) is 1. The van der Waals surface area contributed by atoms with E-state index in [0.29, 0.717) is 26.1 Å². The van der Waals surface area contributed by atoms with Gasteiger partial charge in [-0.25, -0.2) is 4.98 Å². The van der Waals surface area contributed by atoms with Gasteiger partial charge in [0, 0.05) is 43.9 Å². The van der Waals surface area contributed by atoms with Gasteiger partial charge in [0.15, 0.2) is 0 Å². The monoisotopic (exact) mass is 352 g/mol. The fourth-order valence-corrected chi connectivity index (χ4v) is 2.70. The quantitative estimate of drug-likeness (QED) is 0.809. The lowest BCUT2D eigenvalue weighted by Crippen LogP contribution is -2.75. The van der Waals surface area contributed by atoms with E-state index in [1.165, 1.54) is 0 Å². The van der Waals surface area contributed by atoms with Crippen molar-refractivity contribution >= 4 is 30.7 Å². The summed E-state index contributed by atoms with van der Waals surface area (Å²) in [5.74, 6) is -0.0985. The van der Waals surface area contributed by atoms with E-state index in [1.54, 1.807) is 12.5 Å². The molecule has 0 radical (unpaired) electrons. The first kappa shape index (κ1) is 21.2. The Hall–Kier alpha value is -0.820. The van der Waals surface area contributed by atoms with Crippen molar-refractivity contribution in [1.29, 1.82) is 0 Å². The van der Waals surface area contributed by atoms with Crippen LogP contribution in [0.4, 0.5) is 0 Å². The molecule has 1 amide bonds. The van der Waals surface area contributed by atoms with E-state index in [4.69, 9.17) is 10.5 Å². The van der Waals surface area contributed by atoms with Gasteiger partial charge in [0.25, 0.3) is 0 Å². The molecule has 1 heterocycles. The van der Waals surface area contributed by atoms with E-state index in [2.05, 4.69) is 10.3 Å². The Balaban J connectivity index is 0.00000220. The summed E-state index contributed by atoms with van der Waals surface area (Å²) in [6.07, 6.45) is 5.93. The second kappa shape index (κ2) is 8.15. The Morgan fingerprint density at radius 3 is 2.68 bits per heavy atom. The smallest absolute Gasteiger partial charge is 0.240 e. The Bertz CT molecular complexity index is 467. The first-order valence-electron chi connectivity index (χ1n) is 7.06. The van der Waals surface area contributed by atoms with Gasteiger partial charge in [0.1, 0.15) is 5.54 Å². The van der Waals surface area contributed by atoms with Crippen LogP contribution >= 0.6 is 24.8 Å². The lowest BCUT2D eigenvalue weighted by atomic mass is 9.54. The average molecular weight is 353 g/mol. The topological polar surface area (TPSA) is 82.2 Å². The number of halogens is 2. The van der Waals surface area contributed by atoms with E-state index in [0.717, 1.165) is 0 Å². The molecule has 0 saturated heterocycles. The fourth-order valence-electron chi connectivity index (χ4n) is 2.70. The molecule has 6 nitrogen and oxygen atoms in total. The highest BCUT2D eigenvalue weighted by molar-refractivity contribution is 5.88. The number of imidazole rings is 1. The first-order valence-corrected chi connectivity index (χ1v) is 7.06. The van der Waals surface area contributed by atoms with Crippen molar-refractivity contribution in [2.75, 3.05) is 13.2 Å². The molecule has 1 aliphatic carbocycles. The van der Waals surface area contributed by atoms with Gasteiger partial charge in [-0.05, 0) is 6.92 Å². The molecule has 1 aromatic heterocycles. The molecule has 22 heavy (non-hydrogen) atoms. The van der Waals surface area contributed by atoms with Crippen LogP contribution in [0.3, 0.4) is 0 Å². The van der Waals surface area contributed by atoms with Crippen LogP contribution in [0, 0.1) is 5.41 Å². The van der Waals surface area contributed by atoms with Crippen LogP contribution in [-0.2, 0) is 16.1 Å². The van der Waals surface area contributed by atoms with Crippen molar-refractivity contribution in [3.63, 3.8) is 0 Å². The fraction of sp³-hybridized carbons (Fsp3) is 0.714. The Kier molecular flexibility index (Phi) is 7.85. The summed E-state index contributed by atoms with van der Waals surface area (Å²) in [5, 5.41) is 2.91. The summed E-state index contributed by atoms with van der Waals surface area (Å²) in [4.78, 5) is 16.3. The van der Waals surface area contributed by atoms with Crippen molar-refractivity contribution in [1.82, 2.24) is 14.9 Å². The third-order valence-corrected chi connectivity index (χ3v) is 4.45. The lowest BCUT2D eigenvalue weighted by Gasteiger charge is -2.57. The van der Waals surface area contributed by atoms with E-state index >= 15 is 0 Å². The lowest BCUT2D eigenvalue weighted by molar-refractivity contribution is -0.170. The Morgan fingerprint density at radius 1 is 1.50 bits per heavy atom. The van der Waals surface area contributed by atoms with Crippen molar-refractivity contribution in [3.05, 3.63) is 18.7 Å². The molecule has 128 valence electrons. The maximum atomic E-state index is 12.3. The predicted molar refractivity (Wildman–Crippen MR) is 90.5 cm³/mol. The third kappa shape index (κ3) is 3.74. The Morgan fingerprint density at radius 2 is 2.18 bits per heavy atom. The van der Waals surface area contributed by atoms with Gasteiger partial charge in [0.05, 0.1) is 12.4 Å². The van der Waals surface area contributed by atoms with Gasteiger partial charge < -0.3 is 20.4 Å². The van der Waals surface area contributed by atoms with Gasteiger partial charge in [-0.1, -0.05) is 13.8 Å². The summed E-state index contributed by atoms with van der Waals surface area (Å²) in [7, 11) is 0. The van der Waals surface area contributed by atoms with Gasteiger partial charge in [-0.2, -0.15) is 0 Å². The van der Waals surface area contributed by atoms with Crippen LogP contribution in [0.5, 0.6) is 0 Å². The van der Waals surface area contributed by atoms with E-state index < -0.39 is 5.54 Å². The molecule has 2 atom stereocenters. The SMILES string of the molecule is CCOC1CC(N)(C(=O)NCCn2ccnc2)C1(C)C.Cl.Cl. The zero-order chi connectivity index (χ0) is 14.8. The summed E-state index contributed by atoms with van der Waals surface area (Å²) >= 11 is 0. The molecular formula is C14H26Cl2N4O2. The first-order chi connectivity index (χ1) is 9.41. The average Bonchev–Trinajstić information content (AvgIpc) is 2.91. The molecule has 2 unspecified atom stereocenters. The number of nitrogens with two attached hydrogens (primary N) is 1. The summed E-state index contributed by atoms with van der Waals surface area (Å²) < 4.78 is 7.54. The second-order valence-electron chi connectivity index (χ2n) is 5.90. The number of nitrogens with zero attached hydrogens (tertiary/aromatic N) is 2. The number of rotatable bonds is 6. The summed E-state index contributed by atoms with van der Waals surface area (Å²) in [6.45, 7) is 7.82. The van der Waals surface area contributed by atoms with Gasteiger partial charge in [-0.15, -0.1) is 24.8 Å². The van der Waals surface area contributed by atoms with Crippen LogP contribution in [-0.4, -0.2) is 40.3 Å². The number of amides is 1. The highest BCUT2D eigenvalue weighted by Gasteiger charge is 2.62. The summed E-state index contributed by atoms with van der Waals surface area (Å²) in [5.41, 5.74) is 5.10. The molecular weight excluding hydrogens is 327 g/mol. The van der Waals surface area contributed by atoms with E-state index in [1.807, 2.05) is 31.5 Å². The maximum absolute atomic E-state index is 12.3.